The molecule has 2 rings (SSSR count). The Morgan fingerprint density at radius 2 is 2.00 bits per heavy atom. The summed E-state index contributed by atoms with van der Waals surface area (Å²) >= 11 is 0. The molecule has 18 heavy (non-hydrogen) atoms. The number of rotatable bonds is 4. The van der Waals surface area contributed by atoms with Gasteiger partial charge in [0.1, 0.15) is 0 Å². The SMILES string of the molecule is CC(NC1CC=CC1)c1cccc(S(N)(=O)=O)c1. The van der Waals surface area contributed by atoms with Crippen molar-refractivity contribution < 1.29 is 8.42 Å². The Labute approximate surface area is 108 Å². The molecule has 0 aliphatic heterocycles. The summed E-state index contributed by atoms with van der Waals surface area (Å²) in [5.41, 5.74) is 0.938. The summed E-state index contributed by atoms with van der Waals surface area (Å²) in [6, 6.07) is 7.34. The van der Waals surface area contributed by atoms with Crippen LogP contribution in [0.3, 0.4) is 0 Å². The van der Waals surface area contributed by atoms with Crippen LogP contribution < -0.4 is 10.5 Å². The fourth-order valence-electron chi connectivity index (χ4n) is 2.16. The predicted octanol–water partition coefficient (Wildman–Crippen LogP) is 1.70. The van der Waals surface area contributed by atoms with Crippen molar-refractivity contribution in [3.05, 3.63) is 42.0 Å². The fraction of sp³-hybridized carbons (Fsp3) is 0.385. The van der Waals surface area contributed by atoms with Crippen LogP contribution in [0.25, 0.3) is 0 Å². The summed E-state index contributed by atoms with van der Waals surface area (Å²) in [4.78, 5) is 0.165. The molecule has 0 aromatic heterocycles. The van der Waals surface area contributed by atoms with E-state index in [1.165, 1.54) is 6.07 Å². The third kappa shape index (κ3) is 3.19. The number of sulfonamides is 1. The van der Waals surface area contributed by atoms with E-state index >= 15 is 0 Å². The lowest BCUT2D eigenvalue weighted by atomic mass is 10.1. The summed E-state index contributed by atoms with van der Waals surface area (Å²) in [6.07, 6.45) is 6.37. The monoisotopic (exact) mass is 266 g/mol. The van der Waals surface area contributed by atoms with Crippen molar-refractivity contribution in [1.29, 1.82) is 0 Å². The van der Waals surface area contributed by atoms with Crippen LogP contribution in [0, 0.1) is 0 Å². The normalized spacial score (nSPS) is 18.1. The van der Waals surface area contributed by atoms with Gasteiger partial charge in [0.2, 0.25) is 10.0 Å². The summed E-state index contributed by atoms with van der Waals surface area (Å²) < 4.78 is 22.6. The first kappa shape index (κ1) is 13.3. The van der Waals surface area contributed by atoms with Crippen LogP contribution in [-0.2, 0) is 10.0 Å². The van der Waals surface area contributed by atoms with Crippen LogP contribution in [0.4, 0.5) is 0 Å². The van der Waals surface area contributed by atoms with Gasteiger partial charge in [0.25, 0.3) is 0 Å². The maximum absolute atomic E-state index is 11.3. The first-order valence-corrected chi connectivity index (χ1v) is 7.55. The number of benzene rings is 1. The molecule has 0 saturated heterocycles. The summed E-state index contributed by atoms with van der Waals surface area (Å²) in [5.74, 6) is 0. The fourth-order valence-corrected chi connectivity index (χ4v) is 2.73. The molecular weight excluding hydrogens is 248 g/mol. The zero-order chi connectivity index (χ0) is 13.2. The van der Waals surface area contributed by atoms with Crippen molar-refractivity contribution in [2.24, 2.45) is 5.14 Å². The number of hydrogen-bond acceptors (Lipinski definition) is 3. The lowest BCUT2D eigenvalue weighted by Crippen LogP contribution is -2.29. The van der Waals surface area contributed by atoms with Gasteiger partial charge < -0.3 is 5.32 Å². The lowest BCUT2D eigenvalue weighted by Gasteiger charge is -2.20. The minimum atomic E-state index is -3.63. The van der Waals surface area contributed by atoms with Crippen molar-refractivity contribution in [3.63, 3.8) is 0 Å². The van der Waals surface area contributed by atoms with Gasteiger partial charge in [-0.25, -0.2) is 13.6 Å². The van der Waals surface area contributed by atoms with E-state index in [9.17, 15) is 8.42 Å². The molecule has 4 nitrogen and oxygen atoms in total. The highest BCUT2D eigenvalue weighted by Gasteiger charge is 2.16. The molecule has 3 N–H and O–H groups in total. The highest BCUT2D eigenvalue weighted by molar-refractivity contribution is 7.89. The van der Waals surface area contributed by atoms with Gasteiger partial charge in [0, 0.05) is 12.1 Å². The molecule has 0 bridgehead atoms. The molecule has 1 atom stereocenters. The van der Waals surface area contributed by atoms with Gasteiger partial charge >= 0.3 is 0 Å². The van der Waals surface area contributed by atoms with Gasteiger partial charge in [0.05, 0.1) is 4.90 Å². The molecule has 1 unspecified atom stereocenters. The summed E-state index contributed by atoms with van der Waals surface area (Å²) in [5, 5.41) is 8.61. The molecule has 0 amide bonds. The zero-order valence-corrected chi connectivity index (χ0v) is 11.2. The van der Waals surface area contributed by atoms with Gasteiger partial charge in [-0.2, -0.15) is 0 Å². The average molecular weight is 266 g/mol. The van der Waals surface area contributed by atoms with Crippen LogP contribution >= 0.6 is 0 Å². The minimum Gasteiger partial charge on any atom is -0.307 e. The molecule has 0 spiro atoms. The van der Waals surface area contributed by atoms with E-state index in [-0.39, 0.29) is 10.9 Å². The number of nitrogens with one attached hydrogen (secondary N) is 1. The molecule has 0 saturated carbocycles. The predicted molar refractivity (Wildman–Crippen MR) is 71.5 cm³/mol. The average Bonchev–Trinajstić information content (AvgIpc) is 2.81. The Balaban J connectivity index is 2.12. The second-order valence-corrected chi connectivity index (χ2v) is 6.21. The lowest BCUT2D eigenvalue weighted by molar-refractivity contribution is 0.471. The quantitative estimate of drug-likeness (QED) is 0.815. The van der Waals surface area contributed by atoms with Crippen LogP contribution in [0.15, 0.2) is 41.3 Å². The number of primary sulfonamides is 1. The minimum absolute atomic E-state index is 0.108. The molecular formula is C13H18N2O2S. The van der Waals surface area contributed by atoms with E-state index in [0.29, 0.717) is 6.04 Å². The highest BCUT2D eigenvalue weighted by atomic mass is 32.2. The maximum atomic E-state index is 11.3. The summed E-state index contributed by atoms with van der Waals surface area (Å²) in [7, 11) is -3.63. The molecule has 5 heteroatoms. The number of hydrogen-bond donors (Lipinski definition) is 2. The van der Waals surface area contributed by atoms with Crippen molar-refractivity contribution in [3.8, 4) is 0 Å². The largest absolute Gasteiger partial charge is 0.307 e. The molecule has 1 aliphatic rings. The maximum Gasteiger partial charge on any atom is 0.238 e. The Morgan fingerprint density at radius 1 is 1.33 bits per heavy atom. The van der Waals surface area contributed by atoms with Crippen LogP contribution in [-0.4, -0.2) is 14.5 Å². The third-order valence-electron chi connectivity index (χ3n) is 3.18. The molecule has 98 valence electrons. The van der Waals surface area contributed by atoms with E-state index in [1.54, 1.807) is 12.1 Å². The second kappa shape index (κ2) is 5.22. The van der Waals surface area contributed by atoms with Crippen LogP contribution in [0.5, 0.6) is 0 Å². The Bertz CT molecular complexity index is 544. The van der Waals surface area contributed by atoms with E-state index < -0.39 is 10.0 Å². The Morgan fingerprint density at radius 3 is 2.61 bits per heavy atom. The van der Waals surface area contributed by atoms with Crippen molar-refractivity contribution in [2.75, 3.05) is 0 Å². The smallest absolute Gasteiger partial charge is 0.238 e. The molecule has 1 aromatic rings. The molecule has 1 aromatic carbocycles. The van der Waals surface area contributed by atoms with Crippen LogP contribution in [0.1, 0.15) is 31.4 Å². The zero-order valence-electron chi connectivity index (χ0n) is 10.3. The Kier molecular flexibility index (Phi) is 3.85. The van der Waals surface area contributed by atoms with Crippen molar-refractivity contribution in [1.82, 2.24) is 5.32 Å². The molecule has 1 aliphatic carbocycles. The van der Waals surface area contributed by atoms with Gasteiger partial charge in [-0.05, 0) is 37.5 Å². The highest BCUT2D eigenvalue weighted by Crippen LogP contribution is 2.19. The van der Waals surface area contributed by atoms with Crippen molar-refractivity contribution >= 4 is 10.0 Å². The molecule has 0 radical (unpaired) electrons. The third-order valence-corrected chi connectivity index (χ3v) is 4.09. The van der Waals surface area contributed by atoms with Gasteiger partial charge in [-0.1, -0.05) is 24.3 Å². The van der Waals surface area contributed by atoms with Gasteiger partial charge in [-0.15, -0.1) is 0 Å². The topological polar surface area (TPSA) is 72.2 Å². The van der Waals surface area contributed by atoms with E-state index in [1.807, 2.05) is 13.0 Å². The van der Waals surface area contributed by atoms with E-state index in [0.717, 1.165) is 18.4 Å². The van der Waals surface area contributed by atoms with Crippen LogP contribution in [0.2, 0.25) is 0 Å². The Hall–Kier alpha value is -1.17. The van der Waals surface area contributed by atoms with Gasteiger partial charge in [0.15, 0.2) is 0 Å². The standard InChI is InChI=1S/C13H18N2O2S/c1-10(15-12-6-2-3-7-12)11-5-4-8-13(9-11)18(14,16)17/h2-5,8-10,12,15H,6-7H2,1H3,(H2,14,16,17). The van der Waals surface area contributed by atoms with E-state index in [4.69, 9.17) is 5.14 Å². The number of nitrogens with two attached hydrogens (primary N) is 1. The summed E-state index contributed by atoms with van der Waals surface area (Å²) in [6.45, 7) is 2.03. The first-order valence-electron chi connectivity index (χ1n) is 6.00. The first-order chi connectivity index (χ1) is 8.47. The molecule has 0 heterocycles. The second-order valence-electron chi connectivity index (χ2n) is 4.65. The van der Waals surface area contributed by atoms with Gasteiger partial charge in [-0.3, -0.25) is 0 Å². The molecule has 0 fully saturated rings. The van der Waals surface area contributed by atoms with E-state index in [2.05, 4.69) is 17.5 Å². The van der Waals surface area contributed by atoms with Crippen molar-refractivity contribution in [2.45, 2.75) is 36.7 Å².